The average molecular weight is 490 g/mol. The van der Waals surface area contributed by atoms with Crippen LogP contribution in [0.3, 0.4) is 0 Å². The number of carbonyl (C=O) groups is 1. The summed E-state index contributed by atoms with van der Waals surface area (Å²) >= 11 is 0. The molecular weight excluding hydrogens is 454 g/mol. The van der Waals surface area contributed by atoms with Gasteiger partial charge in [0.1, 0.15) is 0 Å². The zero-order chi connectivity index (χ0) is 25.4. The fourth-order valence-corrected chi connectivity index (χ4v) is 5.72. The molecule has 2 fully saturated rings. The van der Waals surface area contributed by atoms with Gasteiger partial charge in [0.15, 0.2) is 11.4 Å². The highest BCUT2D eigenvalue weighted by atomic mass is 16.4. The smallest absolute Gasteiger partial charge is 0.408 e. The first kappa shape index (κ1) is 24.5. The molecular formula is C29H35N3O4. The van der Waals surface area contributed by atoms with Crippen molar-refractivity contribution in [2.75, 3.05) is 19.6 Å². The van der Waals surface area contributed by atoms with Crippen molar-refractivity contribution in [1.82, 2.24) is 14.8 Å². The molecule has 0 radical (unpaired) electrons. The second-order valence-corrected chi connectivity index (χ2v) is 10.6. The Hall–Kier alpha value is -3.16. The van der Waals surface area contributed by atoms with Crippen LogP contribution < -0.4 is 11.1 Å². The second kappa shape index (κ2) is 9.71. The number of carbonyl (C=O) groups excluding carboxylic acids is 1. The number of aryl methyl sites for hydroxylation is 2. The zero-order valence-corrected chi connectivity index (χ0v) is 21.1. The number of likely N-dealkylation sites (tertiary alicyclic amines) is 1. The van der Waals surface area contributed by atoms with Crippen molar-refractivity contribution in [3.8, 4) is 0 Å². The third kappa shape index (κ3) is 4.90. The summed E-state index contributed by atoms with van der Waals surface area (Å²) in [5.74, 6) is 0.225. The maximum Gasteiger partial charge on any atom is 0.419 e. The molecule has 0 amide bonds. The molecule has 3 aromatic rings. The number of ketones is 1. The summed E-state index contributed by atoms with van der Waals surface area (Å²) in [6, 6.07) is 14.1. The largest absolute Gasteiger partial charge is 0.419 e. The van der Waals surface area contributed by atoms with Gasteiger partial charge in [0.25, 0.3) is 0 Å². The molecule has 5 rings (SSSR count). The van der Waals surface area contributed by atoms with Gasteiger partial charge in [-0.3, -0.25) is 14.3 Å². The van der Waals surface area contributed by atoms with Gasteiger partial charge in [-0.25, -0.2) is 4.79 Å². The highest BCUT2D eigenvalue weighted by Crippen LogP contribution is 2.41. The Bertz CT molecular complexity index is 1340. The topological polar surface area (TPSA) is 87.7 Å². The predicted octanol–water partition coefficient (Wildman–Crippen LogP) is 3.72. The lowest BCUT2D eigenvalue weighted by atomic mass is 9.76. The number of rotatable bonds is 8. The molecule has 36 heavy (non-hydrogen) atoms. The number of benzene rings is 2. The number of aromatic nitrogens is 1. The van der Waals surface area contributed by atoms with Crippen molar-refractivity contribution in [2.24, 2.45) is 13.0 Å². The van der Waals surface area contributed by atoms with Gasteiger partial charge in [0.2, 0.25) is 0 Å². The highest BCUT2D eigenvalue weighted by Gasteiger charge is 2.40. The Kier molecular flexibility index (Phi) is 6.62. The molecule has 7 nitrogen and oxygen atoms in total. The Balaban J connectivity index is 1.07. The highest BCUT2D eigenvalue weighted by molar-refractivity contribution is 5.82. The number of aliphatic hydroxyl groups is 1. The summed E-state index contributed by atoms with van der Waals surface area (Å²) in [5.41, 5.74) is 4.18. The van der Waals surface area contributed by atoms with Crippen LogP contribution in [0.4, 0.5) is 0 Å². The third-order valence-electron chi connectivity index (χ3n) is 7.99. The predicted molar refractivity (Wildman–Crippen MR) is 141 cm³/mol. The Labute approximate surface area is 211 Å². The minimum Gasteiger partial charge on any atom is -0.408 e. The summed E-state index contributed by atoms with van der Waals surface area (Å²) in [6.45, 7) is 8.30. The summed E-state index contributed by atoms with van der Waals surface area (Å²) < 4.78 is 6.70. The van der Waals surface area contributed by atoms with E-state index in [0.717, 1.165) is 42.8 Å². The molecule has 1 aromatic heterocycles. The number of hydrogen-bond acceptors (Lipinski definition) is 6. The molecule has 2 heterocycles. The number of nitrogens with one attached hydrogen (secondary N) is 1. The SMILES string of the molecule is C=C(NCC(=O)CC1CN(C2CCC(O)(c3ccc4oc(=O)n(C)c4c3)CC2)C1)c1cccc(C)c1. The van der Waals surface area contributed by atoms with E-state index < -0.39 is 11.4 Å². The van der Waals surface area contributed by atoms with E-state index in [2.05, 4.69) is 22.9 Å². The second-order valence-electron chi connectivity index (χ2n) is 10.6. The van der Waals surface area contributed by atoms with E-state index in [4.69, 9.17) is 4.42 Å². The molecule has 2 N–H and O–H groups in total. The standard InChI is InChI=1S/C29H35N3O4/c1-19-5-4-6-22(13-19)20(2)30-16-25(33)14-21-17-32(18-21)24-9-11-29(35,12-10-24)23-7-8-27-26(15-23)31(3)28(34)36-27/h4-8,13,15,21,24,30,35H,2,9-12,14,16-18H2,1,3H3. The summed E-state index contributed by atoms with van der Waals surface area (Å²) in [5, 5.41) is 14.6. The molecule has 2 aromatic carbocycles. The van der Waals surface area contributed by atoms with Crippen molar-refractivity contribution < 1.29 is 14.3 Å². The zero-order valence-electron chi connectivity index (χ0n) is 21.1. The van der Waals surface area contributed by atoms with E-state index in [1.165, 1.54) is 10.1 Å². The van der Waals surface area contributed by atoms with Crippen LogP contribution in [0.1, 0.15) is 48.8 Å². The first-order valence-electron chi connectivity index (χ1n) is 12.8. The van der Waals surface area contributed by atoms with Gasteiger partial charge >= 0.3 is 5.76 Å². The number of nitrogens with zero attached hydrogens (tertiary/aromatic N) is 2. The van der Waals surface area contributed by atoms with E-state index >= 15 is 0 Å². The average Bonchev–Trinajstić information content (AvgIpc) is 3.13. The molecule has 1 aliphatic heterocycles. The van der Waals surface area contributed by atoms with Crippen LogP contribution >= 0.6 is 0 Å². The molecule has 0 unspecified atom stereocenters. The molecule has 1 saturated heterocycles. The minimum atomic E-state index is -0.885. The number of fused-ring (bicyclic) bond motifs is 1. The van der Waals surface area contributed by atoms with Gasteiger partial charge < -0.3 is 14.8 Å². The Morgan fingerprint density at radius 1 is 1.19 bits per heavy atom. The fraction of sp³-hybridized carbons (Fsp3) is 0.448. The van der Waals surface area contributed by atoms with Crippen LogP contribution in [0.2, 0.25) is 0 Å². The molecule has 1 saturated carbocycles. The molecule has 0 bridgehead atoms. The van der Waals surface area contributed by atoms with Gasteiger partial charge in [0.05, 0.1) is 17.7 Å². The van der Waals surface area contributed by atoms with E-state index in [1.54, 1.807) is 13.1 Å². The van der Waals surface area contributed by atoms with Gasteiger partial charge in [0, 0.05) is 38.3 Å². The van der Waals surface area contributed by atoms with E-state index in [0.29, 0.717) is 48.9 Å². The van der Waals surface area contributed by atoms with Crippen LogP contribution in [-0.4, -0.2) is 46.0 Å². The van der Waals surface area contributed by atoms with Gasteiger partial charge in [-0.1, -0.05) is 36.4 Å². The summed E-state index contributed by atoms with van der Waals surface area (Å²) in [7, 11) is 1.68. The first-order chi connectivity index (χ1) is 17.2. The third-order valence-corrected chi connectivity index (χ3v) is 7.99. The summed E-state index contributed by atoms with van der Waals surface area (Å²) in [6.07, 6.45) is 3.78. The normalized spacial score (nSPS) is 22.9. The minimum absolute atomic E-state index is 0.218. The molecule has 0 spiro atoms. The van der Waals surface area contributed by atoms with Crippen LogP contribution in [0.5, 0.6) is 0 Å². The van der Waals surface area contributed by atoms with Crippen molar-refractivity contribution in [3.05, 3.63) is 76.3 Å². The lowest BCUT2D eigenvalue weighted by Gasteiger charge is -2.48. The Morgan fingerprint density at radius 2 is 1.94 bits per heavy atom. The van der Waals surface area contributed by atoms with Gasteiger partial charge in [-0.2, -0.15) is 0 Å². The van der Waals surface area contributed by atoms with Crippen molar-refractivity contribution in [1.29, 1.82) is 0 Å². The number of hydrogen-bond donors (Lipinski definition) is 2. The van der Waals surface area contributed by atoms with Crippen LogP contribution in [-0.2, 0) is 17.4 Å². The van der Waals surface area contributed by atoms with Crippen LogP contribution in [0.15, 0.2) is 58.3 Å². The van der Waals surface area contributed by atoms with E-state index in [9.17, 15) is 14.7 Å². The van der Waals surface area contributed by atoms with Gasteiger partial charge in [-0.05, 0) is 67.9 Å². The first-order valence-corrected chi connectivity index (χ1v) is 12.8. The van der Waals surface area contributed by atoms with Crippen molar-refractivity contribution in [2.45, 2.75) is 50.7 Å². The fourth-order valence-electron chi connectivity index (χ4n) is 5.72. The van der Waals surface area contributed by atoms with Gasteiger partial charge in [-0.15, -0.1) is 0 Å². The molecule has 7 heteroatoms. The van der Waals surface area contributed by atoms with Crippen LogP contribution in [0.25, 0.3) is 16.8 Å². The maximum absolute atomic E-state index is 12.5. The van der Waals surface area contributed by atoms with E-state index in [-0.39, 0.29) is 5.78 Å². The summed E-state index contributed by atoms with van der Waals surface area (Å²) in [4.78, 5) is 26.8. The van der Waals surface area contributed by atoms with Crippen molar-refractivity contribution >= 4 is 22.6 Å². The lowest BCUT2D eigenvalue weighted by Crippen LogP contribution is -2.54. The maximum atomic E-state index is 12.5. The number of oxazole rings is 1. The quantitative estimate of drug-likeness (QED) is 0.502. The molecule has 1 aliphatic carbocycles. The lowest BCUT2D eigenvalue weighted by molar-refractivity contribution is -0.121. The monoisotopic (exact) mass is 489 g/mol. The van der Waals surface area contributed by atoms with Crippen LogP contribution in [0, 0.1) is 12.8 Å². The van der Waals surface area contributed by atoms with Crippen molar-refractivity contribution in [3.63, 3.8) is 0 Å². The Morgan fingerprint density at radius 3 is 2.67 bits per heavy atom. The number of Topliss-reactive ketones (excluding diaryl/α,β-unsaturated/α-hetero) is 1. The van der Waals surface area contributed by atoms with E-state index in [1.807, 2.05) is 37.3 Å². The molecule has 190 valence electrons. The molecule has 2 aliphatic rings. The molecule has 0 atom stereocenters.